The SMILES string of the molecule is CC(C)CCn1c(N2CCC3CNCC32)nc2c1c(=O)n(CC(=O)C13CC4CC(CC(C4)C1)C3)c(=O)n2C1CC1. The van der Waals surface area contributed by atoms with Crippen LogP contribution < -0.4 is 21.5 Å². The van der Waals surface area contributed by atoms with Gasteiger partial charge in [0.15, 0.2) is 16.9 Å². The van der Waals surface area contributed by atoms with Crippen LogP contribution in [0.4, 0.5) is 5.95 Å². The molecule has 4 heterocycles. The van der Waals surface area contributed by atoms with Gasteiger partial charge in [0, 0.05) is 43.7 Å². The molecule has 7 aliphatic rings. The number of nitrogens with one attached hydrogen (secondary N) is 1. The van der Waals surface area contributed by atoms with Gasteiger partial charge in [-0.25, -0.2) is 4.79 Å². The third-order valence-electron chi connectivity index (χ3n) is 11.5. The second-order valence-electron chi connectivity index (χ2n) is 14.8. The van der Waals surface area contributed by atoms with Crippen molar-refractivity contribution in [2.24, 2.45) is 35.0 Å². The number of carbonyl (C=O) groups excluding carboxylic acids is 1. The van der Waals surface area contributed by atoms with Gasteiger partial charge in [-0.3, -0.25) is 18.7 Å². The third kappa shape index (κ3) is 3.82. The van der Waals surface area contributed by atoms with E-state index in [4.69, 9.17) is 4.98 Å². The number of anilines is 1. The average molecular weight is 549 g/mol. The summed E-state index contributed by atoms with van der Waals surface area (Å²) >= 11 is 0. The van der Waals surface area contributed by atoms with Gasteiger partial charge in [-0.2, -0.15) is 4.98 Å². The first-order chi connectivity index (χ1) is 19.3. The van der Waals surface area contributed by atoms with Crippen LogP contribution in [0.5, 0.6) is 0 Å². The largest absolute Gasteiger partial charge is 0.338 e. The molecular formula is C31H44N6O3. The van der Waals surface area contributed by atoms with Gasteiger partial charge >= 0.3 is 5.69 Å². The number of fused-ring (bicyclic) bond motifs is 2. The lowest BCUT2D eigenvalue weighted by Gasteiger charge is -2.56. The molecule has 0 radical (unpaired) electrons. The Bertz CT molecular complexity index is 1440. The lowest BCUT2D eigenvalue weighted by Crippen LogP contribution is -2.52. The van der Waals surface area contributed by atoms with Crippen LogP contribution in [0.2, 0.25) is 0 Å². The Morgan fingerprint density at radius 3 is 2.35 bits per heavy atom. The molecule has 9 heteroatoms. The number of aromatic nitrogens is 4. The molecule has 5 aliphatic carbocycles. The van der Waals surface area contributed by atoms with E-state index in [0.717, 1.165) is 70.5 Å². The van der Waals surface area contributed by atoms with Crippen molar-refractivity contribution >= 4 is 22.9 Å². The summed E-state index contributed by atoms with van der Waals surface area (Å²) in [5, 5.41) is 3.54. The predicted octanol–water partition coefficient (Wildman–Crippen LogP) is 3.32. The first kappa shape index (κ1) is 25.3. The van der Waals surface area contributed by atoms with Gasteiger partial charge in [0.25, 0.3) is 5.56 Å². The number of carbonyl (C=O) groups is 1. The molecule has 1 N–H and O–H groups in total. The summed E-state index contributed by atoms with van der Waals surface area (Å²) in [6.45, 7) is 7.88. The molecule has 5 saturated carbocycles. The Balaban J connectivity index is 1.25. The smallest absolute Gasteiger partial charge is 0.333 e. The molecule has 0 aromatic carbocycles. The number of Topliss-reactive ketones (excluding diaryl/α,β-unsaturated/α-hetero) is 1. The fourth-order valence-electron chi connectivity index (χ4n) is 9.72. The van der Waals surface area contributed by atoms with Crippen LogP contribution in [-0.2, 0) is 17.9 Å². The Kier molecular flexibility index (Phi) is 5.72. The second kappa shape index (κ2) is 9.04. The summed E-state index contributed by atoms with van der Waals surface area (Å²) in [5.74, 6) is 3.96. The van der Waals surface area contributed by atoms with E-state index in [1.165, 1.54) is 23.8 Å². The van der Waals surface area contributed by atoms with Crippen LogP contribution in [0.3, 0.4) is 0 Å². The summed E-state index contributed by atoms with van der Waals surface area (Å²) in [5.41, 5.74) is 0.0695. The van der Waals surface area contributed by atoms with Crippen molar-refractivity contribution in [1.29, 1.82) is 0 Å². The number of ketones is 1. The highest BCUT2D eigenvalue weighted by atomic mass is 16.2. The molecule has 7 fully saturated rings. The molecule has 0 spiro atoms. The van der Waals surface area contributed by atoms with E-state index in [2.05, 4.69) is 28.6 Å². The fraction of sp³-hybridized carbons (Fsp3) is 0.806. The Labute approximate surface area is 235 Å². The Hall–Kier alpha value is -2.42. The van der Waals surface area contributed by atoms with Gasteiger partial charge in [0.1, 0.15) is 0 Å². The molecule has 40 heavy (non-hydrogen) atoms. The molecule has 2 atom stereocenters. The molecule has 2 unspecified atom stereocenters. The fourth-order valence-corrected chi connectivity index (χ4v) is 9.72. The molecule has 2 aromatic rings. The predicted molar refractivity (Wildman–Crippen MR) is 154 cm³/mol. The van der Waals surface area contributed by atoms with Gasteiger partial charge in [-0.05, 0) is 93.8 Å². The summed E-state index contributed by atoms with van der Waals surface area (Å²) in [4.78, 5) is 50.0. The van der Waals surface area contributed by atoms with Crippen molar-refractivity contribution in [2.75, 3.05) is 24.5 Å². The average Bonchev–Trinajstić information content (AvgIpc) is 3.31. The Morgan fingerprint density at radius 1 is 1.00 bits per heavy atom. The molecule has 0 amide bonds. The quantitative estimate of drug-likeness (QED) is 0.544. The van der Waals surface area contributed by atoms with E-state index >= 15 is 0 Å². The van der Waals surface area contributed by atoms with Gasteiger partial charge in [0.05, 0.1) is 6.54 Å². The summed E-state index contributed by atoms with van der Waals surface area (Å²) in [7, 11) is 0. The molecule has 4 bridgehead atoms. The first-order valence-electron chi connectivity index (χ1n) is 16.1. The molecular weight excluding hydrogens is 504 g/mol. The monoisotopic (exact) mass is 548 g/mol. The molecule has 9 rings (SSSR count). The van der Waals surface area contributed by atoms with Crippen LogP contribution in [0.1, 0.15) is 84.1 Å². The van der Waals surface area contributed by atoms with Crippen LogP contribution >= 0.6 is 0 Å². The highest BCUT2D eigenvalue weighted by Crippen LogP contribution is 2.60. The van der Waals surface area contributed by atoms with Crippen LogP contribution in [-0.4, -0.2) is 50.1 Å². The lowest BCUT2D eigenvalue weighted by molar-refractivity contribution is -0.144. The number of nitrogens with zero attached hydrogens (tertiary/aromatic N) is 5. The first-order valence-corrected chi connectivity index (χ1v) is 16.1. The van der Waals surface area contributed by atoms with Crippen LogP contribution in [0, 0.1) is 35.0 Å². The van der Waals surface area contributed by atoms with Crippen molar-refractivity contribution in [3.63, 3.8) is 0 Å². The third-order valence-corrected chi connectivity index (χ3v) is 11.5. The van der Waals surface area contributed by atoms with Gasteiger partial charge < -0.3 is 14.8 Å². The van der Waals surface area contributed by atoms with Crippen molar-refractivity contribution < 1.29 is 4.79 Å². The zero-order valence-electron chi connectivity index (χ0n) is 24.1. The van der Waals surface area contributed by atoms with Gasteiger partial charge in [-0.15, -0.1) is 0 Å². The van der Waals surface area contributed by atoms with E-state index in [9.17, 15) is 14.4 Å². The maximum atomic E-state index is 14.3. The lowest BCUT2D eigenvalue weighted by atomic mass is 9.48. The van der Waals surface area contributed by atoms with Crippen molar-refractivity contribution in [3.8, 4) is 0 Å². The van der Waals surface area contributed by atoms with Gasteiger partial charge in [-0.1, -0.05) is 13.8 Å². The van der Waals surface area contributed by atoms with Crippen molar-refractivity contribution in [2.45, 2.75) is 103 Å². The summed E-state index contributed by atoms with van der Waals surface area (Å²) < 4.78 is 5.20. The van der Waals surface area contributed by atoms with E-state index in [1.807, 2.05) is 0 Å². The van der Waals surface area contributed by atoms with Crippen molar-refractivity contribution in [3.05, 3.63) is 20.8 Å². The number of rotatable bonds is 8. The zero-order chi connectivity index (χ0) is 27.3. The minimum Gasteiger partial charge on any atom is -0.338 e. The van der Waals surface area contributed by atoms with E-state index in [0.29, 0.717) is 53.3 Å². The summed E-state index contributed by atoms with van der Waals surface area (Å²) in [6, 6.07) is 0.438. The maximum Gasteiger partial charge on any atom is 0.333 e. The topological polar surface area (TPSA) is 94.2 Å². The van der Waals surface area contributed by atoms with Crippen LogP contribution in [0.15, 0.2) is 9.59 Å². The standard InChI is InChI=1S/C31H44N6O3/c1-18(2)5-7-35-26-27(33-29(35)34-8-6-22-15-32-16-24(22)34)37(23-3-4-23)30(40)36(28(26)39)17-25(38)31-12-19-9-20(13-31)11-21(10-19)14-31/h18-24,32H,3-17H2,1-2H3. The molecule has 9 nitrogen and oxygen atoms in total. The molecule has 2 aliphatic heterocycles. The number of hydrogen-bond acceptors (Lipinski definition) is 6. The molecule has 2 saturated heterocycles. The van der Waals surface area contributed by atoms with E-state index < -0.39 is 0 Å². The second-order valence-corrected chi connectivity index (χ2v) is 14.8. The maximum absolute atomic E-state index is 14.3. The zero-order valence-corrected chi connectivity index (χ0v) is 24.1. The number of hydrogen-bond donors (Lipinski definition) is 1. The van der Waals surface area contributed by atoms with E-state index in [-0.39, 0.29) is 35.0 Å². The minimum atomic E-state index is -0.333. The normalized spacial score (nSPS) is 34.5. The highest BCUT2D eigenvalue weighted by Gasteiger charge is 2.54. The van der Waals surface area contributed by atoms with Gasteiger partial charge in [0.2, 0.25) is 5.95 Å². The summed E-state index contributed by atoms with van der Waals surface area (Å²) in [6.07, 6.45) is 10.5. The highest BCUT2D eigenvalue weighted by molar-refractivity contribution is 5.85. The minimum absolute atomic E-state index is 0.0669. The Morgan fingerprint density at radius 2 is 1.70 bits per heavy atom. The van der Waals surface area contributed by atoms with Crippen LogP contribution in [0.25, 0.3) is 11.2 Å². The number of imidazole rings is 1. The number of aryl methyl sites for hydroxylation is 1. The molecule has 2 aromatic heterocycles. The molecule has 216 valence electrons. The van der Waals surface area contributed by atoms with Crippen molar-refractivity contribution in [1.82, 2.24) is 24.0 Å². The van der Waals surface area contributed by atoms with E-state index in [1.54, 1.807) is 4.57 Å².